The highest BCUT2D eigenvalue weighted by Gasteiger charge is 2.35. The highest BCUT2D eigenvalue weighted by atomic mass is 16.2. The number of rotatable bonds is 3. The number of likely N-dealkylation sites (tertiary alicyclic amines) is 1. The first-order chi connectivity index (χ1) is 11.0. The Balaban J connectivity index is 1.88. The third-order valence-electron chi connectivity index (χ3n) is 4.86. The van der Waals surface area contributed by atoms with E-state index in [4.69, 9.17) is 5.73 Å². The second kappa shape index (κ2) is 6.16. The molecular weight excluding hydrogens is 288 g/mol. The summed E-state index contributed by atoms with van der Waals surface area (Å²) < 4.78 is 1.89. The topological polar surface area (TPSA) is 64.2 Å². The van der Waals surface area contributed by atoms with Gasteiger partial charge >= 0.3 is 0 Å². The Bertz CT molecular complexity index is 707. The second-order valence-corrected chi connectivity index (χ2v) is 6.29. The molecule has 2 heterocycles. The lowest BCUT2D eigenvalue weighted by Gasteiger charge is -2.28. The first-order valence-electron chi connectivity index (χ1n) is 8.11. The van der Waals surface area contributed by atoms with Crippen molar-refractivity contribution in [1.29, 1.82) is 0 Å². The first-order valence-corrected chi connectivity index (χ1v) is 8.11. The van der Waals surface area contributed by atoms with Crippen LogP contribution in [0.15, 0.2) is 30.3 Å². The van der Waals surface area contributed by atoms with E-state index in [9.17, 15) is 4.79 Å². The molecule has 1 aromatic carbocycles. The Kier molecular flexibility index (Phi) is 4.22. The number of aryl methyl sites for hydroxylation is 2. The minimum atomic E-state index is -0.603. The zero-order chi connectivity index (χ0) is 16.6. The zero-order valence-electron chi connectivity index (χ0n) is 14.0. The minimum Gasteiger partial charge on any atom is -0.334 e. The van der Waals surface area contributed by atoms with E-state index in [2.05, 4.69) is 12.0 Å². The van der Waals surface area contributed by atoms with E-state index in [0.717, 1.165) is 36.3 Å². The summed E-state index contributed by atoms with van der Waals surface area (Å²) in [5.41, 5.74) is 10.4. The van der Waals surface area contributed by atoms with E-state index >= 15 is 0 Å². The van der Waals surface area contributed by atoms with E-state index in [1.165, 1.54) is 5.56 Å². The predicted molar refractivity (Wildman–Crippen MR) is 89.7 cm³/mol. The largest absolute Gasteiger partial charge is 0.334 e. The molecule has 3 rings (SSSR count). The van der Waals surface area contributed by atoms with Crippen LogP contribution in [0.2, 0.25) is 0 Å². The average Bonchev–Trinajstić information content (AvgIpc) is 3.12. The van der Waals surface area contributed by atoms with Gasteiger partial charge in [0.2, 0.25) is 5.91 Å². The SMILES string of the molecule is Cc1nn(C)c(C)c1C1CCCN1C(=O)C(N)c1ccccc1. The number of benzene rings is 1. The summed E-state index contributed by atoms with van der Waals surface area (Å²) in [6.45, 7) is 4.84. The summed E-state index contributed by atoms with van der Waals surface area (Å²) in [7, 11) is 1.95. The van der Waals surface area contributed by atoms with Gasteiger partial charge in [0.05, 0.1) is 11.7 Å². The molecular formula is C18H24N4O. The van der Waals surface area contributed by atoms with Crippen LogP contribution < -0.4 is 5.73 Å². The van der Waals surface area contributed by atoms with Crippen molar-refractivity contribution < 1.29 is 4.79 Å². The van der Waals surface area contributed by atoms with Crippen molar-refractivity contribution in [2.45, 2.75) is 38.8 Å². The van der Waals surface area contributed by atoms with Gasteiger partial charge in [0.15, 0.2) is 0 Å². The van der Waals surface area contributed by atoms with Gasteiger partial charge in [0, 0.05) is 24.8 Å². The van der Waals surface area contributed by atoms with Crippen LogP contribution in [0.25, 0.3) is 0 Å². The van der Waals surface area contributed by atoms with Gasteiger partial charge in [-0.05, 0) is 32.3 Å². The molecule has 1 aromatic heterocycles. The lowest BCUT2D eigenvalue weighted by Crippen LogP contribution is -2.38. The minimum absolute atomic E-state index is 0.00125. The molecule has 122 valence electrons. The maximum atomic E-state index is 12.9. The summed E-state index contributed by atoms with van der Waals surface area (Å²) in [4.78, 5) is 14.9. The number of carbonyl (C=O) groups excluding carboxylic acids is 1. The van der Waals surface area contributed by atoms with Crippen LogP contribution in [-0.4, -0.2) is 27.1 Å². The third-order valence-corrected chi connectivity index (χ3v) is 4.86. The van der Waals surface area contributed by atoms with Crippen LogP contribution >= 0.6 is 0 Å². The maximum absolute atomic E-state index is 12.9. The molecule has 0 radical (unpaired) electrons. The summed E-state index contributed by atoms with van der Waals surface area (Å²) in [6, 6.07) is 9.07. The zero-order valence-corrected chi connectivity index (χ0v) is 14.0. The number of nitrogens with two attached hydrogens (primary N) is 1. The van der Waals surface area contributed by atoms with Crippen LogP contribution in [-0.2, 0) is 11.8 Å². The van der Waals surface area contributed by atoms with Crippen molar-refractivity contribution in [1.82, 2.24) is 14.7 Å². The molecule has 2 N–H and O–H groups in total. The fourth-order valence-electron chi connectivity index (χ4n) is 3.58. The Morgan fingerprint density at radius 2 is 2.00 bits per heavy atom. The van der Waals surface area contributed by atoms with Crippen LogP contribution in [0.1, 0.15) is 47.4 Å². The monoisotopic (exact) mass is 312 g/mol. The predicted octanol–water partition coefficient (Wildman–Crippen LogP) is 2.40. The van der Waals surface area contributed by atoms with Crippen LogP contribution in [0, 0.1) is 13.8 Å². The molecule has 2 unspecified atom stereocenters. The number of hydrogen-bond acceptors (Lipinski definition) is 3. The lowest BCUT2D eigenvalue weighted by molar-refractivity contribution is -0.133. The highest BCUT2D eigenvalue weighted by Crippen LogP contribution is 2.36. The smallest absolute Gasteiger partial charge is 0.244 e. The molecule has 1 fully saturated rings. The van der Waals surface area contributed by atoms with Crippen molar-refractivity contribution in [3.05, 3.63) is 52.8 Å². The van der Waals surface area contributed by atoms with Gasteiger partial charge in [-0.15, -0.1) is 0 Å². The molecule has 0 spiro atoms. The average molecular weight is 312 g/mol. The molecule has 0 saturated carbocycles. The summed E-state index contributed by atoms with van der Waals surface area (Å²) >= 11 is 0. The number of amides is 1. The molecule has 0 bridgehead atoms. The summed E-state index contributed by atoms with van der Waals surface area (Å²) in [5.74, 6) is 0.00125. The summed E-state index contributed by atoms with van der Waals surface area (Å²) in [6.07, 6.45) is 1.98. The normalized spacial score (nSPS) is 19.1. The highest BCUT2D eigenvalue weighted by molar-refractivity contribution is 5.83. The van der Waals surface area contributed by atoms with Gasteiger partial charge in [-0.25, -0.2) is 0 Å². The van der Waals surface area contributed by atoms with E-state index in [-0.39, 0.29) is 11.9 Å². The quantitative estimate of drug-likeness (QED) is 0.946. The molecule has 2 aromatic rings. The van der Waals surface area contributed by atoms with Gasteiger partial charge in [-0.1, -0.05) is 30.3 Å². The number of carbonyl (C=O) groups is 1. The first kappa shape index (κ1) is 15.7. The van der Waals surface area contributed by atoms with Crippen molar-refractivity contribution in [3.63, 3.8) is 0 Å². The van der Waals surface area contributed by atoms with Gasteiger partial charge in [0.25, 0.3) is 0 Å². The lowest BCUT2D eigenvalue weighted by atomic mass is 10.0. The van der Waals surface area contributed by atoms with Crippen molar-refractivity contribution in [2.75, 3.05) is 6.54 Å². The van der Waals surface area contributed by atoms with E-state index in [0.29, 0.717) is 0 Å². The fourth-order valence-corrected chi connectivity index (χ4v) is 3.58. The Morgan fingerprint density at radius 3 is 2.61 bits per heavy atom. The van der Waals surface area contributed by atoms with Gasteiger partial charge in [-0.3, -0.25) is 9.48 Å². The Labute approximate surface area is 137 Å². The van der Waals surface area contributed by atoms with Gasteiger partial charge < -0.3 is 10.6 Å². The van der Waals surface area contributed by atoms with Gasteiger partial charge in [-0.2, -0.15) is 5.10 Å². The molecule has 23 heavy (non-hydrogen) atoms. The van der Waals surface area contributed by atoms with Crippen molar-refractivity contribution in [2.24, 2.45) is 12.8 Å². The molecule has 0 aliphatic carbocycles. The molecule has 5 heteroatoms. The van der Waals surface area contributed by atoms with E-state index in [1.54, 1.807) is 0 Å². The van der Waals surface area contributed by atoms with Crippen molar-refractivity contribution in [3.8, 4) is 0 Å². The van der Waals surface area contributed by atoms with E-state index < -0.39 is 6.04 Å². The standard InChI is InChI=1S/C18H24N4O/c1-12-16(13(2)21(3)20-12)15-10-7-11-22(15)18(23)17(19)14-8-5-4-6-9-14/h4-6,8-9,15,17H,7,10-11,19H2,1-3H3. The number of hydrogen-bond donors (Lipinski definition) is 1. The van der Waals surface area contributed by atoms with Crippen LogP contribution in [0.5, 0.6) is 0 Å². The molecule has 1 saturated heterocycles. The van der Waals surface area contributed by atoms with E-state index in [1.807, 2.05) is 53.9 Å². The van der Waals surface area contributed by atoms with Crippen LogP contribution in [0.4, 0.5) is 0 Å². The summed E-state index contributed by atoms with van der Waals surface area (Å²) in [5, 5.41) is 4.50. The molecule has 2 atom stereocenters. The van der Waals surface area contributed by atoms with Crippen molar-refractivity contribution >= 4 is 5.91 Å². The molecule has 1 amide bonds. The third kappa shape index (κ3) is 2.77. The fraction of sp³-hybridized carbons (Fsp3) is 0.444. The molecule has 5 nitrogen and oxygen atoms in total. The Morgan fingerprint density at radius 1 is 1.30 bits per heavy atom. The molecule has 1 aliphatic heterocycles. The Hall–Kier alpha value is -2.14. The number of nitrogens with zero attached hydrogens (tertiary/aromatic N) is 3. The maximum Gasteiger partial charge on any atom is 0.244 e. The van der Waals surface area contributed by atoms with Gasteiger partial charge in [0.1, 0.15) is 6.04 Å². The molecule has 1 aliphatic rings. The van der Waals surface area contributed by atoms with Crippen LogP contribution in [0.3, 0.4) is 0 Å². The number of aromatic nitrogens is 2. The second-order valence-electron chi connectivity index (χ2n) is 6.29.